The highest BCUT2D eigenvalue weighted by atomic mass is 19.1. The molecule has 0 saturated carbocycles. The third-order valence-corrected chi connectivity index (χ3v) is 5.73. The van der Waals surface area contributed by atoms with Crippen molar-refractivity contribution < 1.29 is 4.39 Å². The summed E-state index contributed by atoms with van der Waals surface area (Å²) in [6, 6.07) is 9.01. The van der Waals surface area contributed by atoms with E-state index in [-0.39, 0.29) is 5.82 Å². The molecule has 1 aromatic carbocycles. The molecule has 1 fully saturated rings. The highest BCUT2D eigenvalue weighted by molar-refractivity contribution is 5.68. The lowest BCUT2D eigenvalue weighted by Crippen LogP contribution is -2.30. The van der Waals surface area contributed by atoms with E-state index in [0.717, 1.165) is 50.3 Å². The van der Waals surface area contributed by atoms with E-state index in [1.54, 1.807) is 0 Å². The second kappa shape index (κ2) is 7.75. The summed E-state index contributed by atoms with van der Waals surface area (Å²) in [6.07, 6.45) is 7.14. The molecular weight excluding hydrogens is 325 g/mol. The molecule has 1 aliphatic carbocycles. The van der Waals surface area contributed by atoms with E-state index in [4.69, 9.17) is 4.98 Å². The van der Waals surface area contributed by atoms with Crippen LogP contribution in [0.3, 0.4) is 0 Å². The molecule has 4 heteroatoms. The van der Waals surface area contributed by atoms with Crippen LogP contribution >= 0.6 is 0 Å². The Kier molecular flexibility index (Phi) is 5.21. The van der Waals surface area contributed by atoms with Crippen LogP contribution in [0.5, 0.6) is 0 Å². The number of anilines is 1. The maximum atomic E-state index is 13.3. The zero-order valence-corrected chi connectivity index (χ0v) is 15.7. The number of hydrogen-bond donors (Lipinski definition) is 0. The average Bonchev–Trinajstić information content (AvgIpc) is 3.01. The molecule has 1 aliphatic heterocycles. The molecule has 4 rings (SSSR count). The van der Waals surface area contributed by atoms with Gasteiger partial charge >= 0.3 is 0 Å². The van der Waals surface area contributed by atoms with Gasteiger partial charge in [0.15, 0.2) is 0 Å². The highest BCUT2D eigenvalue weighted by Crippen LogP contribution is 2.33. The van der Waals surface area contributed by atoms with E-state index in [2.05, 4.69) is 22.9 Å². The molecule has 2 aliphatic rings. The number of halogens is 1. The number of rotatable bonds is 2. The fraction of sp³-hybridized carbons (Fsp3) is 0.500. The summed E-state index contributed by atoms with van der Waals surface area (Å²) < 4.78 is 13.3. The second-order valence-corrected chi connectivity index (χ2v) is 7.66. The maximum Gasteiger partial charge on any atom is 0.123 e. The minimum Gasteiger partial charge on any atom is -0.370 e. The molecule has 3 nitrogen and oxygen atoms in total. The fourth-order valence-electron chi connectivity index (χ4n) is 4.20. The number of nitrogens with zero attached hydrogens (tertiary/aromatic N) is 3. The Morgan fingerprint density at radius 2 is 1.69 bits per heavy atom. The third kappa shape index (κ3) is 3.75. The predicted octanol–water partition coefficient (Wildman–Crippen LogP) is 4.30. The third-order valence-electron chi connectivity index (χ3n) is 5.73. The Balaban J connectivity index is 1.77. The van der Waals surface area contributed by atoms with Crippen LogP contribution in [0.2, 0.25) is 0 Å². The van der Waals surface area contributed by atoms with Crippen molar-refractivity contribution in [3.05, 3.63) is 47.4 Å². The summed E-state index contributed by atoms with van der Waals surface area (Å²) in [5, 5.41) is 0. The Bertz CT molecular complexity index is 757. The fourth-order valence-corrected chi connectivity index (χ4v) is 4.20. The Labute approximate surface area is 155 Å². The summed E-state index contributed by atoms with van der Waals surface area (Å²) >= 11 is 0. The van der Waals surface area contributed by atoms with E-state index < -0.39 is 0 Å². The quantitative estimate of drug-likeness (QED) is 0.751. The zero-order chi connectivity index (χ0) is 17.9. The minimum absolute atomic E-state index is 0.195. The summed E-state index contributed by atoms with van der Waals surface area (Å²) in [4.78, 5) is 9.98. The van der Waals surface area contributed by atoms with Crippen molar-refractivity contribution in [2.24, 2.45) is 0 Å². The number of pyridine rings is 1. The van der Waals surface area contributed by atoms with Gasteiger partial charge in [0.2, 0.25) is 0 Å². The summed E-state index contributed by atoms with van der Waals surface area (Å²) in [6.45, 7) is 4.43. The standard InChI is InChI=1S/C22H28FN3/c1-25-12-5-13-26(15-14-25)22-16-21(17-8-10-18(23)11-9-17)24-20-7-4-2-3-6-19(20)22/h8-11,16H,2-7,12-15H2,1H3. The zero-order valence-electron chi connectivity index (χ0n) is 15.7. The van der Waals surface area contributed by atoms with E-state index in [0.29, 0.717) is 0 Å². The Morgan fingerprint density at radius 1 is 0.885 bits per heavy atom. The van der Waals surface area contributed by atoms with Gasteiger partial charge in [-0.25, -0.2) is 4.39 Å². The monoisotopic (exact) mass is 353 g/mol. The summed E-state index contributed by atoms with van der Waals surface area (Å²) in [7, 11) is 2.21. The first-order valence-electron chi connectivity index (χ1n) is 9.93. The van der Waals surface area contributed by atoms with Crippen LogP contribution in [-0.4, -0.2) is 43.1 Å². The topological polar surface area (TPSA) is 19.4 Å². The highest BCUT2D eigenvalue weighted by Gasteiger charge is 2.21. The predicted molar refractivity (Wildman–Crippen MR) is 105 cm³/mol. The van der Waals surface area contributed by atoms with Crippen molar-refractivity contribution in [3.63, 3.8) is 0 Å². The van der Waals surface area contributed by atoms with Gasteiger partial charge in [0.05, 0.1) is 5.69 Å². The van der Waals surface area contributed by atoms with Gasteiger partial charge in [0.25, 0.3) is 0 Å². The van der Waals surface area contributed by atoms with Gasteiger partial charge in [0, 0.05) is 36.6 Å². The van der Waals surface area contributed by atoms with Crippen molar-refractivity contribution >= 4 is 5.69 Å². The van der Waals surface area contributed by atoms with Gasteiger partial charge in [-0.3, -0.25) is 4.98 Å². The molecule has 0 N–H and O–H groups in total. The van der Waals surface area contributed by atoms with Gasteiger partial charge in [-0.15, -0.1) is 0 Å². The number of likely N-dealkylation sites (N-methyl/N-ethyl adjacent to an activating group) is 1. The normalized spacial score (nSPS) is 18.9. The molecule has 0 atom stereocenters. The molecule has 2 aromatic rings. The Hall–Kier alpha value is -1.94. The number of hydrogen-bond acceptors (Lipinski definition) is 3. The smallest absolute Gasteiger partial charge is 0.123 e. The van der Waals surface area contributed by atoms with Crippen LogP contribution < -0.4 is 4.90 Å². The van der Waals surface area contributed by atoms with Crippen molar-refractivity contribution in [2.75, 3.05) is 38.1 Å². The molecule has 2 heterocycles. The van der Waals surface area contributed by atoms with Gasteiger partial charge in [0.1, 0.15) is 5.82 Å². The van der Waals surface area contributed by atoms with Crippen molar-refractivity contribution in [2.45, 2.75) is 38.5 Å². The van der Waals surface area contributed by atoms with Crippen molar-refractivity contribution in [1.82, 2.24) is 9.88 Å². The number of aryl methyl sites for hydroxylation is 1. The van der Waals surface area contributed by atoms with Crippen LogP contribution in [0.4, 0.5) is 10.1 Å². The largest absolute Gasteiger partial charge is 0.370 e. The van der Waals surface area contributed by atoms with E-state index in [1.165, 1.54) is 54.8 Å². The second-order valence-electron chi connectivity index (χ2n) is 7.66. The lowest BCUT2D eigenvalue weighted by molar-refractivity contribution is 0.360. The number of aromatic nitrogens is 1. The van der Waals surface area contributed by atoms with Gasteiger partial charge in [-0.05, 0) is 81.6 Å². The van der Waals surface area contributed by atoms with Crippen molar-refractivity contribution in [3.8, 4) is 11.3 Å². The lowest BCUT2D eigenvalue weighted by Gasteiger charge is -2.27. The van der Waals surface area contributed by atoms with E-state index in [1.807, 2.05) is 12.1 Å². The molecule has 0 amide bonds. The van der Waals surface area contributed by atoms with Crippen LogP contribution in [0.25, 0.3) is 11.3 Å². The molecular formula is C22H28FN3. The lowest BCUT2D eigenvalue weighted by atomic mass is 10.0. The molecule has 0 spiro atoms. The van der Waals surface area contributed by atoms with E-state index >= 15 is 0 Å². The number of benzene rings is 1. The van der Waals surface area contributed by atoms with Crippen LogP contribution in [0.1, 0.15) is 36.9 Å². The Morgan fingerprint density at radius 3 is 2.54 bits per heavy atom. The number of fused-ring (bicyclic) bond motifs is 1. The molecule has 26 heavy (non-hydrogen) atoms. The summed E-state index contributed by atoms with van der Waals surface area (Å²) in [5.74, 6) is -0.195. The summed E-state index contributed by atoms with van der Waals surface area (Å²) in [5.41, 5.74) is 6.08. The van der Waals surface area contributed by atoms with Gasteiger partial charge in [-0.2, -0.15) is 0 Å². The average molecular weight is 353 g/mol. The molecule has 1 saturated heterocycles. The molecule has 1 aromatic heterocycles. The SMILES string of the molecule is CN1CCCN(c2cc(-c3ccc(F)cc3)nc3c2CCCCC3)CC1. The first-order chi connectivity index (χ1) is 12.7. The molecule has 0 unspecified atom stereocenters. The molecule has 0 bridgehead atoms. The first kappa shape index (κ1) is 17.5. The van der Waals surface area contributed by atoms with Crippen LogP contribution in [0, 0.1) is 5.82 Å². The van der Waals surface area contributed by atoms with Gasteiger partial charge in [-0.1, -0.05) is 6.42 Å². The van der Waals surface area contributed by atoms with Crippen LogP contribution in [-0.2, 0) is 12.8 Å². The molecule has 0 radical (unpaired) electrons. The first-order valence-corrected chi connectivity index (χ1v) is 9.93. The van der Waals surface area contributed by atoms with Gasteiger partial charge < -0.3 is 9.80 Å². The minimum atomic E-state index is -0.195. The maximum absolute atomic E-state index is 13.3. The van der Waals surface area contributed by atoms with Crippen LogP contribution in [0.15, 0.2) is 30.3 Å². The van der Waals surface area contributed by atoms with Crippen molar-refractivity contribution in [1.29, 1.82) is 0 Å². The van der Waals surface area contributed by atoms with E-state index in [9.17, 15) is 4.39 Å². The molecule has 138 valence electrons.